The van der Waals surface area contributed by atoms with E-state index in [-0.39, 0.29) is 24.4 Å². The molecule has 186 valence electrons. The van der Waals surface area contributed by atoms with E-state index in [2.05, 4.69) is 72.7 Å². The fourth-order valence-corrected chi connectivity index (χ4v) is 5.25. The summed E-state index contributed by atoms with van der Waals surface area (Å²) in [5, 5.41) is 0. The van der Waals surface area contributed by atoms with Crippen LogP contribution in [0.1, 0.15) is 62.9 Å². The number of carbonyl (C=O) groups is 1. The SMILES string of the molecule is CC(C)Oc1ccccc1N1CCN(Cc2cccc(C(=O)N3C(C)CCCC3C)c2)CC1.Cl. The van der Waals surface area contributed by atoms with Crippen LogP contribution in [0.4, 0.5) is 5.69 Å². The zero-order chi connectivity index (χ0) is 23.4. The first-order chi connectivity index (χ1) is 15.9. The highest BCUT2D eigenvalue weighted by atomic mass is 35.5. The number of carbonyl (C=O) groups excluding carboxylic acids is 1. The number of hydrogen-bond donors (Lipinski definition) is 0. The molecule has 2 heterocycles. The smallest absolute Gasteiger partial charge is 0.254 e. The van der Waals surface area contributed by atoms with E-state index in [0.29, 0.717) is 12.1 Å². The summed E-state index contributed by atoms with van der Waals surface area (Å²) in [7, 11) is 0. The average molecular weight is 486 g/mol. The van der Waals surface area contributed by atoms with Crippen molar-refractivity contribution in [1.82, 2.24) is 9.80 Å². The maximum absolute atomic E-state index is 13.3. The first-order valence-corrected chi connectivity index (χ1v) is 12.6. The second-order valence-corrected chi connectivity index (χ2v) is 9.94. The molecule has 0 aromatic heterocycles. The van der Waals surface area contributed by atoms with Crippen molar-refractivity contribution in [3.8, 4) is 5.75 Å². The molecule has 2 aromatic carbocycles. The van der Waals surface area contributed by atoms with Gasteiger partial charge in [-0.2, -0.15) is 0 Å². The van der Waals surface area contributed by atoms with Crippen LogP contribution < -0.4 is 9.64 Å². The molecular weight excluding hydrogens is 446 g/mol. The topological polar surface area (TPSA) is 36.0 Å². The molecule has 2 atom stereocenters. The van der Waals surface area contributed by atoms with Crippen LogP contribution in [-0.4, -0.2) is 60.1 Å². The number of likely N-dealkylation sites (tertiary alicyclic amines) is 1. The Hall–Kier alpha value is -2.24. The zero-order valence-corrected chi connectivity index (χ0v) is 21.9. The Kier molecular flexibility index (Phi) is 9.26. The summed E-state index contributed by atoms with van der Waals surface area (Å²) in [4.78, 5) is 20.3. The average Bonchev–Trinajstić information content (AvgIpc) is 2.80. The van der Waals surface area contributed by atoms with E-state index in [1.54, 1.807) is 0 Å². The molecule has 6 heteroatoms. The largest absolute Gasteiger partial charge is 0.489 e. The number of amides is 1. The number of ether oxygens (including phenoxy) is 1. The molecule has 0 N–H and O–H groups in total. The molecule has 5 nitrogen and oxygen atoms in total. The number of para-hydroxylation sites is 2. The molecule has 34 heavy (non-hydrogen) atoms. The van der Waals surface area contributed by atoms with Crippen molar-refractivity contribution in [2.24, 2.45) is 0 Å². The van der Waals surface area contributed by atoms with Gasteiger partial charge in [-0.25, -0.2) is 0 Å². The van der Waals surface area contributed by atoms with Crippen LogP contribution >= 0.6 is 12.4 Å². The lowest BCUT2D eigenvalue weighted by molar-refractivity contribution is 0.0510. The second kappa shape index (κ2) is 11.9. The van der Waals surface area contributed by atoms with Crippen molar-refractivity contribution in [3.05, 3.63) is 59.7 Å². The zero-order valence-electron chi connectivity index (χ0n) is 21.1. The summed E-state index contributed by atoms with van der Waals surface area (Å²) in [6.07, 6.45) is 3.58. The summed E-state index contributed by atoms with van der Waals surface area (Å²) in [5.41, 5.74) is 3.23. The third-order valence-electron chi connectivity index (χ3n) is 6.95. The van der Waals surface area contributed by atoms with Crippen molar-refractivity contribution < 1.29 is 9.53 Å². The monoisotopic (exact) mass is 485 g/mol. The fourth-order valence-electron chi connectivity index (χ4n) is 5.25. The Labute approximate surface area is 211 Å². The Bertz CT molecular complexity index is 933. The Morgan fingerprint density at radius 2 is 1.65 bits per heavy atom. The van der Waals surface area contributed by atoms with E-state index < -0.39 is 0 Å². The van der Waals surface area contributed by atoms with Crippen molar-refractivity contribution in [1.29, 1.82) is 0 Å². The molecule has 2 aromatic rings. The minimum Gasteiger partial charge on any atom is -0.489 e. The highest BCUT2D eigenvalue weighted by molar-refractivity contribution is 5.94. The molecule has 2 saturated heterocycles. The molecule has 0 radical (unpaired) electrons. The molecule has 2 aliphatic rings. The van der Waals surface area contributed by atoms with Crippen LogP contribution in [0.25, 0.3) is 0 Å². The summed E-state index contributed by atoms with van der Waals surface area (Å²) < 4.78 is 6.03. The number of hydrogen-bond acceptors (Lipinski definition) is 4. The highest BCUT2D eigenvalue weighted by Crippen LogP contribution is 2.30. The summed E-state index contributed by atoms with van der Waals surface area (Å²) >= 11 is 0. The second-order valence-electron chi connectivity index (χ2n) is 9.94. The molecule has 0 aliphatic carbocycles. The first kappa shape index (κ1) is 26.4. The van der Waals surface area contributed by atoms with Gasteiger partial charge in [-0.15, -0.1) is 12.4 Å². The van der Waals surface area contributed by atoms with Crippen LogP contribution in [-0.2, 0) is 6.54 Å². The predicted molar refractivity (Wildman–Crippen MR) is 142 cm³/mol. The minimum absolute atomic E-state index is 0. The van der Waals surface area contributed by atoms with Crippen LogP contribution in [0.2, 0.25) is 0 Å². The third-order valence-corrected chi connectivity index (χ3v) is 6.95. The van der Waals surface area contributed by atoms with Crippen molar-refractivity contribution in [3.63, 3.8) is 0 Å². The van der Waals surface area contributed by atoms with Gasteiger partial charge in [-0.3, -0.25) is 9.69 Å². The van der Waals surface area contributed by atoms with Gasteiger partial charge in [0.15, 0.2) is 0 Å². The van der Waals surface area contributed by atoms with Gasteiger partial charge in [-0.1, -0.05) is 24.3 Å². The van der Waals surface area contributed by atoms with E-state index >= 15 is 0 Å². The van der Waals surface area contributed by atoms with Gasteiger partial charge in [0.1, 0.15) is 5.75 Å². The number of piperazine rings is 1. The fraction of sp³-hybridized carbons (Fsp3) is 0.536. The van der Waals surface area contributed by atoms with Crippen LogP contribution in [0.15, 0.2) is 48.5 Å². The Morgan fingerprint density at radius 3 is 2.32 bits per heavy atom. The number of rotatable bonds is 6. The van der Waals surface area contributed by atoms with Crippen molar-refractivity contribution in [2.75, 3.05) is 31.1 Å². The predicted octanol–water partition coefficient (Wildman–Crippen LogP) is 5.62. The standard InChI is InChI=1S/C28H39N3O2.ClH/c1-21(2)33-27-14-6-5-13-26(27)30-17-15-29(16-18-30)20-24-11-8-12-25(19-24)28(32)31-22(3)9-7-10-23(31)4;/h5-6,8,11-14,19,21-23H,7,9-10,15-18,20H2,1-4H3;1H. The number of anilines is 1. The van der Waals surface area contributed by atoms with Crippen LogP contribution in [0.3, 0.4) is 0 Å². The van der Waals surface area contributed by atoms with Gasteiger partial charge in [0.05, 0.1) is 11.8 Å². The van der Waals surface area contributed by atoms with E-state index in [9.17, 15) is 4.79 Å². The van der Waals surface area contributed by atoms with Crippen LogP contribution in [0.5, 0.6) is 5.75 Å². The minimum atomic E-state index is 0. The van der Waals surface area contributed by atoms with E-state index in [1.165, 1.54) is 17.7 Å². The van der Waals surface area contributed by atoms with Gasteiger partial charge in [0.2, 0.25) is 0 Å². The number of piperidine rings is 1. The maximum Gasteiger partial charge on any atom is 0.254 e. The summed E-state index contributed by atoms with van der Waals surface area (Å²) in [5.74, 6) is 1.15. The van der Waals surface area contributed by atoms with Crippen LogP contribution in [0, 0.1) is 0 Å². The molecular formula is C28H40ClN3O2. The Morgan fingerprint density at radius 1 is 0.971 bits per heavy atom. The summed E-state index contributed by atoms with van der Waals surface area (Å²) in [6, 6.07) is 17.3. The molecule has 0 bridgehead atoms. The lowest BCUT2D eigenvalue weighted by Crippen LogP contribution is -2.47. The van der Waals surface area contributed by atoms with Gasteiger partial charge < -0.3 is 14.5 Å². The first-order valence-electron chi connectivity index (χ1n) is 12.6. The molecule has 1 amide bonds. The quantitative estimate of drug-likeness (QED) is 0.532. The number of halogens is 1. The van der Waals surface area contributed by atoms with Gasteiger partial charge in [0, 0.05) is 50.4 Å². The Balaban J connectivity index is 0.00000324. The molecule has 0 spiro atoms. The molecule has 2 fully saturated rings. The lowest BCUT2D eigenvalue weighted by atomic mass is 9.96. The molecule has 4 rings (SSSR count). The van der Waals surface area contributed by atoms with Gasteiger partial charge >= 0.3 is 0 Å². The normalized spacial score (nSPS) is 21.3. The van der Waals surface area contributed by atoms with E-state index in [1.807, 2.05) is 18.2 Å². The number of nitrogens with zero attached hydrogens (tertiary/aromatic N) is 3. The molecule has 0 saturated carbocycles. The summed E-state index contributed by atoms with van der Waals surface area (Å²) in [6.45, 7) is 13.3. The maximum atomic E-state index is 13.3. The van der Waals surface area contributed by atoms with Crippen molar-refractivity contribution >= 4 is 24.0 Å². The van der Waals surface area contributed by atoms with E-state index in [0.717, 1.165) is 56.9 Å². The van der Waals surface area contributed by atoms with Gasteiger partial charge in [-0.05, 0) is 76.8 Å². The van der Waals surface area contributed by atoms with Crippen molar-refractivity contribution in [2.45, 2.75) is 71.7 Å². The number of benzene rings is 2. The lowest BCUT2D eigenvalue weighted by Gasteiger charge is -2.39. The highest BCUT2D eigenvalue weighted by Gasteiger charge is 2.29. The third kappa shape index (κ3) is 6.25. The molecule has 2 unspecified atom stereocenters. The van der Waals surface area contributed by atoms with Gasteiger partial charge in [0.25, 0.3) is 5.91 Å². The van der Waals surface area contributed by atoms with E-state index in [4.69, 9.17) is 4.74 Å². The molecule has 2 aliphatic heterocycles.